The Labute approximate surface area is 154 Å². The van der Waals surface area contributed by atoms with Crippen molar-refractivity contribution in [1.29, 1.82) is 0 Å². The number of rotatable bonds is 6. The predicted octanol–water partition coefficient (Wildman–Crippen LogP) is 2.69. The largest absolute Gasteiger partial charge is 0.373 e. The van der Waals surface area contributed by atoms with Gasteiger partial charge in [-0.1, -0.05) is 41.7 Å². The van der Waals surface area contributed by atoms with Crippen LogP contribution in [0.4, 0.5) is 9.93 Å². The van der Waals surface area contributed by atoms with Crippen molar-refractivity contribution in [2.24, 2.45) is 0 Å². The van der Waals surface area contributed by atoms with Crippen molar-refractivity contribution < 1.29 is 14.3 Å². The van der Waals surface area contributed by atoms with Crippen molar-refractivity contribution >= 4 is 40.6 Å². The number of benzene rings is 1. The van der Waals surface area contributed by atoms with E-state index in [1.165, 1.54) is 7.05 Å². The molecule has 3 N–H and O–H groups in total. The maximum Gasteiger partial charge on any atom is 0.339 e. The normalized spacial score (nSPS) is 11.6. The fourth-order valence-electron chi connectivity index (χ4n) is 1.88. The molecule has 1 unspecified atom stereocenters. The molecular weight excluding hydrogens is 362 g/mol. The summed E-state index contributed by atoms with van der Waals surface area (Å²) >= 11 is 5.99. The summed E-state index contributed by atoms with van der Waals surface area (Å²) in [7, 11) is 1.47. The molecule has 2 rings (SSSR count). The van der Waals surface area contributed by atoms with Crippen LogP contribution in [0.25, 0.3) is 0 Å². The van der Waals surface area contributed by atoms with Crippen molar-refractivity contribution in [3.63, 3.8) is 0 Å². The number of hydrogen-bond donors (Lipinski definition) is 3. The van der Waals surface area contributed by atoms with Gasteiger partial charge in [-0.15, -0.1) is 5.10 Å². The highest BCUT2D eigenvalue weighted by molar-refractivity contribution is 7.73. The lowest BCUT2D eigenvalue weighted by Crippen LogP contribution is -2.46. The van der Waals surface area contributed by atoms with E-state index in [2.05, 4.69) is 20.9 Å². The number of H-pyrrole nitrogens is 1. The van der Waals surface area contributed by atoms with Crippen LogP contribution in [0.3, 0.4) is 0 Å². The summed E-state index contributed by atoms with van der Waals surface area (Å²) in [5.74, 6) is -0.273. The molecule has 1 heterocycles. The maximum absolute atomic E-state index is 12.1. The standard InChI is InChI=1S/C15H19N5O3S2/c1-10(23-9-11-6-4-3-5-7-11)8-12(21)20(2)19-13(22)16-14-17-18-15(24)25-14/h3-7,10H,8-9H2,1-2H3,(H,18,24)(H2,16,17,19,22). The number of hydrazine groups is 1. The highest BCUT2D eigenvalue weighted by Gasteiger charge is 2.16. The molecule has 134 valence electrons. The quantitative estimate of drug-likeness (QED) is 0.528. The van der Waals surface area contributed by atoms with Crippen LogP contribution in [-0.4, -0.2) is 40.3 Å². The molecule has 1 atom stereocenters. The Balaban J connectivity index is 1.73. The average Bonchev–Trinajstić information content (AvgIpc) is 2.98. The molecule has 8 nitrogen and oxygen atoms in total. The van der Waals surface area contributed by atoms with Crippen LogP contribution in [0.2, 0.25) is 0 Å². The van der Waals surface area contributed by atoms with Crippen molar-refractivity contribution in [2.75, 3.05) is 12.4 Å². The van der Waals surface area contributed by atoms with Gasteiger partial charge in [0.25, 0.3) is 0 Å². The molecule has 0 aliphatic rings. The molecule has 0 saturated heterocycles. The fraction of sp³-hybridized carbons (Fsp3) is 0.333. The Morgan fingerprint density at radius 1 is 1.40 bits per heavy atom. The summed E-state index contributed by atoms with van der Waals surface area (Å²) in [5.41, 5.74) is 3.45. The van der Waals surface area contributed by atoms with E-state index in [0.29, 0.717) is 15.7 Å². The number of urea groups is 1. The second-order valence-electron chi connectivity index (χ2n) is 5.25. The third kappa shape index (κ3) is 6.61. The molecule has 0 aliphatic heterocycles. The average molecular weight is 381 g/mol. The highest BCUT2D eigenvalue weighted by Crippen LogP contribution is 2.10. The molecule has 3 amide bonds. The lowest BCUT2D eigenvalue weighted by Gasteiger charge is -2.20. The van der Waals surface area contributed by atoms with E-state index in [-0.39, 0.29) is 18.4 Å². The van der Waals surface area contributed by atoms with Gasteiger partial charge in [0.1, 0.15) is 0 Å². The van der Waals surface area contributed by atoms with E-state index in [0.717, 1.165) is 21.9 Å². The first-order valence-electron chi connectivity index (χ1n) is 7.49. The molecule has 10 heteroatoms. The van der Waals surface area contributed by atoms with Crippen LogP contribution in [-0.2, 0) is 16.1 Å². The molecule has 1 aromatic carbocycles. The minimum Gasteiger partial charge on any atom is -0.373 e. The molecule has 0 radical (unpaired) electrons. The maximum atomic E-state index is 12.1. The first-order chi connectivity index (χ1) is 11.9. The van der Waals surface area contributed by atoms with Gasteiger partial charge in [-0.05, 0) is 24.7 Å². The number of aromatic amines is 1. The molecule has 0 bridgehead atoms. The zero-order valence-corrected chi connectivity index (χ0v) is 15.4. The highest BCUT2D eigenvalue weighted by atomic mass is 32.1. The number of amides is 3. The third-order valence-corrected chi connectivity index (χ3v) is 4.15. The molecule has 0 spiro atoms. The minimum absolute atomic E-state index is 0.144. The first-order valence-corrected chi connectivity index (χ1v) is 8.71. The second-order valence-corrected chi connectivity index (χ2v) is 6.91. The molecular formula is C15H19N5O3S2. The topological polar surface area (TPSA) is 99.4 Å². The molecule has 0 saturated carbocycles. The lowest BCUT2D eigenvalue weighted by molar-refractivity contribution is -0.134. The SMILES string of the molecule is CC(CC(=O)N(C)NC(=O)Nc1n[nH]c(=S)s1)OCc1ccccc1. The Morgan fingerprint density at radius 3 is 2.76 bits per heavy atom. The van der Waals surface area contributed by atoms with Gasteiger partial charge in [-0.25, -0.2) is 10.2 Å². The van der Waals surface area contributed by atoms with Crippen molar-refractivity contribution in [3.8, 4) is 0 Å². The van der Waals surface area contributed by atoms with Gasteiger partial charge in [0.05, 0.1) is 19.1 Å². The summed E-state index contributed by atoms with van der Waals surface area (Å²) in [5, 5.41) is 10.3. The van der Waals surface area contributed by atoms with Gasteiger partial charge in [-0.2, -0.15) is 0 Å². The van der Waals surface area contributed by atoms with E-state index >= 15 is 0 Å². The van der Waals surface area contributed by atoms with E-state index in [1.54, 1.807) is 0 Å². The fourth-order valence-corrected chi connectivity index (χ4v) is 2.66. The van der Waals surface area contributed by atoms with Crippen molar-refractivity contribution in [1.82, 2.24) is 20.6 Å². The molecule has 1 aromatic heterocycles. The van der Waals surface area contributed by atoms with Gasteiger partial charge < -0.3 is 4.74 Å². The van der Waals surface area contributed by atoms with Crippen LogP contribution in [0.1, 0.15) is 18.9 Å². The summed E-state index contributed by atoms with van der Waals surface area (Å²) in [6, 6.07) is 9.13. The number of hydrogen-bond acceptors (Lipinski definition) is 6. The van der Waals surface area contributed by atoms with Gasteiger partial charge in [-0.3, -0.25) is 20.2 Å². The summed E-state index contributed by atoms with van der Waals surface area (Å²) in [4.78, 5) is 23.9. The Morgan fingerprint density at radius 2 is 2.12 bits per heavy atom. The van der Waals surface area contributed by atoms with Crippen LogP contribution in [0.15, 0.2) is 30.3 Å². The second kappa shape index (κ2) is 9.25. The number of carbonyl (C=O) groups is 2. The molecule has 2 aromatic rings. The van der Waals surface area contributed by atoms with E-state index < -0.39 is 6.03 Å². The lowest BCUT2D eigenvalue weighted by atomic mass is 10.2. The van der Waals surface area contributed by atoms with Crippen molar-refractivity contribution in [2.45, 2.75) is 26.1 Å². The smallest absolute Gasteiger partial charge is 0.339 e. The van der Waals surface area contributed by atoms with Gasteiger partial charge in [0.15, 0.2) is 3.95 Å². The van der Waals surface area contributed by atoms with Crippen LogP contribution < -0.4 is 10.7 Å². The number of ether oxygens (including phenoxy) is 1. The molecule has 25 heavy (non-hydrogen) atoms. The third-order valence-electron chi connectivity index (χ3n) is 3.14. The number of nitrogens with zero attached hydrogens (tertiary/aromatic N) is 2. The zero-order valence-electron chi connectivity index (χ0n) is 13.8. The Kier molecular flexibility index (Phi) is 7.04. The number of aromatic nitrogens is 2. The van der Waals surface area contributed by atoms with E-state index in [1.807, 2.05) is 37.3 Å². The predicted molar refractivity (Wildman–Crippen MR) is 97.5 cm³/mol. The van der Waals surface area contributed by atoms with Gasteiger partial charge >= 0.3 is 6.03 Å². The number of nitrogens with one attached hydrogen (secondary N) is 3. The van der Waals surface area contributed by atoms with Gasteiger partial charge in [0, 0.05) is 7.05 Å². The number of anilines is 1. The molecule has 0 fully saturated rings. The number of carbonyl (C=O) groups excluding carboxylic acids is 2. The Bertz CT molecular complexity index is 762. The van der Waals surface area contributed by atoms with Crippen LogP contribution in [0.5, 0.6) is 0 Å². The zero-order chi connectivity index (χ0) is 18.2. The molecule has 0 aliphatic carbocycles. The van der Waals surface area contributed by atoms with Crippen LogP contribution >= 0.6 is 23.6 Å². The summed E-state index contributed by atoms with van der Waals surface area (Å²) in [6.07, 6.45) is -0.137. The van der Waals surface area contributed by atoms with E-state index in [4.69, 9.17) is 17.0 Å². The minimum atomic E-state index is -0.577. The first kappa shape index (κ1) is 19.0. The Hall–Kier alpha value is -2.30. The van der Waals surface area contributed by atoms with Crippen LogP contribution in [0, 0.1) is 3.95 Å². The monoisotopic (exact) mass is 381 g/mol. The van der Waals surface area contributed by atoms with Gasteiger partial charge in [0.2, 0.25) is 11.0 Å². The van der Waals surface area contributed by atoms with Crippen molar-refractivity contribution in [3.05, 3.63) is 39.8 Å². The summed E-state index contributed by atoms with van der Waals surface area (Å²) < 4.78 is 6.10. The van der Waals surface area contributed by atoms with E-state index in [9.17, 15) is 9.59 Å². The summed E-state index contributed by atoms with van der Waals surface area (Å²) in [6.45, 7) is 2.24.